The number of hydrogen-bond acceptors (Lipinski definition) is 4. The van der Waals surface area contributed by atoms with Crippen molar-refractivity contribution in [3.63, 3.8) is 0 Å². The molecule has 1 unspecified atom stereocenters. The summed E-state index contributed by atoms with van der Waals surface area (Å²) >= 11 is 0. The predicted octanol–water partition coefficient (Wildman–Crippen LogP) is -0.0147. The summed E-state index contributed by atoms with van der Waals surface area (Å²) in [5.74, 6) is 0. The summed E-state index contributed by atoms with van der Waals surface area (Å²) < 4.78 is 0. The minimum atomic E-state index is -0.470. The van der Waals surface area contributed by atoms with E-state index < -0.39 is 10.9 Å². The van der Waals surface area contributed by atoms with Crippen molar-refractivity contribution in [1.82, 2.24) is 0 Å². The Labute approximate surface area is 94.4 Å². The second kappa shape index (κ2) is 4.16. The minimum absolute atomic E-state index is 0.336. The van der Waals surface area contributed by atoms with Gasteiger partial charge < -0.3 is 11.1 Å². The summed E-state index contributed by atoms with van der Waals surface area (Å²) in [6.07, 6.45) is 0. The molecule has 0 saturated carbocycles. The third kappa shape index (κ3) is 1.90. The molecule has 0 aliphatic rings. The molecule has 3 N–H and O–H groups in total. The third-order valence-electron chi connectivity index (χ3n) is 2.37. The molecule has 2 rings (SSSR count). The van der Waals surface area contributed by atoms with Gasteiger partial charge in [0.05, 0.1) is 5.69 Å². The quantitative estimate of drug-likeness (QED) is 0.578. The maximum absolute atomic E-state index is 11.1. The molecule has 82 valence electrons. The molecule has 0 heterocycles. The molecule has 0 spiro atoms. The highest BCUT2D eigenvalue weighted by Crippen LogP contribution is 2.15. The lowest BCUT2D eigenvalue weighted by atomic mass is 10.2. The molecule has 16 heavy (non-hydrogen) atoms. The summed E-state index contributed by atoms with van der Waals surface area (Å²) in [5.41, 5.74) is 6.68. The van der Waals surface area contributed by atoms with Crippen LogP contribution in [0.25, 0.3) is 0 Å². The Balaban J connectivity index is 2.31. The molecular weight excluding hydrogens is 223 g/mol. The van der Waals surface area contributed by atoms with E-state index in [1.807, 2.05) is 18.2 Å². The maximum Gasteiger partial charge on any atom is 0.249 e. The van der Waals surface area contributed by atoms with Crippen LogP contribution < -0.4 is 27.2 Å². The van der Waals surface area contributed by atoms with Crippen molar-refractivity contribution >= 4 is 25.9 Å². The van der Waals surface area contributed by atoms with Gasteiger partial charge in [0.15, 0.2) is 0 Å². The SMILES string of the molecule is NCc1ccc(P)c(Nc2cc(=O)c2=O)c1. The van der Waals surface area contributed by atoms with Crippen molar-refractivity contribution in [2.75, 3.05) is 5.32 Å². The van der Waals surface area contributed by atoms with Crippen LogP contribution >= 0.6 is 9.24 Å². The van der Waals surface area contributed by atoms with Gasteiger partial charge in [0, 0.05) is 18.3 Å². The zero-order valence-electron chi connectivity index (χ0n) is 8.49. The molecule has 0 aliphatic carbocycles. The molecule has 0 amide bonds. The standard InChI is InChI=1S/C11H11N2O2P/c12-5-6-1-2-10(16)7(3-6)13-8-4-9(14)11(8)15/h1-4,13H,5,12,16H2. The molecule has 0 aromatic heterocycles. The Kier molecular flexibility index (Phi) is 2.86. The van der Waals surface area contributed by atoms with E-state index in [2.05, 4.69) is 14.6 Å². The van der Waals surface area contributed by atoms with Crippen LogP contribution in [0.4, 0.5) is 11.4 Å². The molecule has 2 aromatic carbocycles. The number of hydrogen-bond donors (Lipinski definition) is 2. The molecular formula is C11H11N2O2P. The van der Waals surface area contributed by atoms with E-state index in [1.165, 1.54) is 6.07 Å². The molecule has 0 saturated heterocycles. The number of anilines is 2. The largest absolute Gasteiger partial charge is 0.352 e. The number of rotatable bonds is 3. The van der Waals surface area contributed by atoms with Gasteiger partial charge in [0.1, 0.15) is 0 Å². The van der Waals surface area contributed by atoms with Gasteiger partial charge in [-0.3, -0.25) is 9.59 Å². The summed E-state index contributed by atoms with van der Waals surface area (Å²) in [7, 11) is 2.56. The van der Waals surface area contributed by atoms with Crippen LogP contribution in [0.15, 0.2) is 33.9 Å². The van der Waals surface area contributed by atoms with Crippen LogP contribution in [0, 0.1) is 0 Å². The second-order valence-corrected chi connectivity index (χ2v) is 4.12. The fourth-order valence-corrected chi connectivity index (χ4v) is 1.65. The maximum atomic E-state index is 11.1. The molecule has 2 aromatic rings. The van der Waals surface area contributed by atoms with E-state index in [-0.39, 0.29) is 0 Å². The fourth-order valence-electron chi connectivity index (χ4n) is 1.39. The average molecular weight is 234 g/mol. The second-order valence-electron chi connectivity index (χ2n) is 3.50. The summed E-state index contributed by atoms with van der Waals surface area (Å²) in [4.78, 5) is 21.9. The van der Waals surface area contributed by atoms with Crippen LogP contribution in [-0.4, -0.2) is 0 Å². The highest BCUT2D eigenvalue weighted by atomic mass is 31.0. The molecule has 0 radical (unpaired) electrons. The Hall–Kier alpha value is -1.51. The Bertz CT molecular complexity index is 600. The monoisotopic (exact) mass is 234 g/mol. The average Bonchev–Trinajstić information content (AvgIpc) is 2.30. The minimum Gasteiger partial charge on any atom is -0.352 e. The van der Waals surface area contributed by atoms with Crippen LogP contribution in [0.3, 0.4) is 0 Å². The Morgan fingerprint density at radius 3 is 2.50 bits per heavy atom. The van der Waals surface area contributed by atoms with E-state index in [0.29, 0.717) is 12.2 Å². The van der Waals surface area contributed by atoms with E-state index >= 15 is 0 Å². The molecule has 1 atom stereocenters. The first kappa shape index (κ1) is 11.0. The van der Waals surface area contributed by atoms with Crippen molar-refractivity contribution in [3.05, 3.63) is 50.3 Å². The van der Waals surface area contributed by atoms with Crippen LogP contribution in [-0.2, 0) is 6.54 Å². The summed E-state index contributed by atoms with van der Waals surface area (Å²) in [5, 5.41) is 3.84. The lowest BCUT2D eigenvalue weighted by molar-refractivity contribution is 1.07. The van der Waals surface area contributed by atoms with Gasteiger partial charge in [0.25, 0.3) is 0 Å². The lowest BCUT2D eigenvalue weighted by Gasteiger charge is -2.10. The first-order chi connectivity index (χ1) is 7.61. The lowest BCUT2D eigenvalue weighted by Crippen LogP contribution is -2.31. The van der Waals surface area contributed by atoms with E-state index in [4.69, 9.17) is 5.73 Å². The van der Waals surface area contributed by atoms with E-state index in [1.54, 1.807) is 0 Å². The van der Waals surface area contributed by atoms with Gasteiger partial charge in [-0.1, -0.05) is 12.1 Å². The summed E-state index contributed by atoms with van der Waals surface area (Å²) in [6, 6.07) is 6.96. The van der Waals surface area contributed by atoms with Gasteiger partial charge in [-0.05, 0) is 16.9 Å². The van der Waals surface area contributed by atoms with E-state index in [9.17, 15) is 9.59 Å². The smallest absolute Gasteiger partial charge is 0.249 e. The number of nitrogens with two attached hydrogens (primary N) is 1. The van der Waals surface area contributed by atoms with Crippen molar-refractivity contribution in [2.24, 2.45) is 5.73 Å². The van der Waals surface area contributed by atoms with Crippen molar-refractivity contribution in [3.8, 4) is 0 Å². The zero-order valence-corrected chi connectivity index (χ0v) is 9.64. The summed E-state index contributed by atoms with van der Waals surface area (Å²) in [6.45, 7) is 0.436. The Morgan fingerprint density at radius 2 is 1.94 bits per heavy atom. The van der Waals surface area contributed by atoms with Crippen LogP contribution in [0.2, 0.25) is 0 Å². The Morgan fingerprint density at radius 1 is 1.19 bits per heavy atom. The first-order valence-electron chi connectivity index (χ1n) is 4.77. The predicted molar refractivity (Wildman–Crippen MR) is 68.3 cm³/mol. The van der Waals surface area contributed by atoms with Crippen molar-refractivity contribution in [2.45, 2.75) is 6.54 Å². The van der Waals surface area contributed by atoms with Gasteiger partial charge in [-0.15, -0.1) is 9.24 Å². The van der Waals surface area contributed by atoms with Gasteiger partial charge in [-0.2, -0.15) is 0 Å². The van der Waals surface area contributed by atoms with Gasteiger partial charge >= 0.3 is 0 Å². The highest BCUT2D eigenvalue weighted by Gasteiger charge is 2.10. The molecule has 0 aliphatic heterocycles. The van der Waals surface area contributed by atoms with Crippen LogP contribution in [0.5, 0.6) is 0 Å². The zero-order chi connectivity index (χ0) is 11.7. The van der Waals surface area contributed by atoms with E-state index in [0.717, 1.165) is 16.6 Å². The topological polar surface area (TPSA) is 72.2 Å². The third-order valence-corrected chi connectivity index (χ3v) is 2.87. The first-order valence-corrected chi connectivity index (χ1v) is 5.35. The molecule has 4 nitrogen and oxygen atoms in total. The van der Waals surface area contributed by atoms with Crippen molar-refractivity contribution < 1.29 is 0 Å². The van der Waals surface area contributed by atoms with Crippen LogP contribution in [0.1, 0.15) is 5.56 Å². The molecule has 0 fully saturated rings. The number of nitrogens with one attached hydrogen (secondary N) is 1. The normalized spacial score (nSPS) is 10.6. The molecule has 5 heteroatoms. The fraction of sp³-hybridized carbons (Fsp3) is 0.0909. The van der Waals surface area contributed by atoms with Gasteiger partial charge in [0.2, 0.25) is 10.9 Å². The van der Waals surface area contributed by atoms with Crippen molar-refractivity contribution in [1.29, 1.82) is 0 Å². The van der Waals surface area contributed by atoms with Gasteiger partial charge in [-0.25, -0.2) is 0 Å². The number of benzene rings is 1. The highest BCUT2D eigenvalue weighted by molar-refractivity contribution is 7.28. The molecule has 0 bridgehead atoms.